The zero-order valence-corrected chi connectivity index (χ0v) is 17.7. The molecule has 1 atom stereocenters. The number of nitrogens with zero attached hydrogens (tertiary/aromatic N) is 1. The Morgan fingerprint density at radius 2 is 1.77 bits per heavy atom. The third kappa shape index (κ3) is 5.62. The standard InChI is InChI=1S/C21H21ClF2N2O5/c1-29-17-8-3-13(11-18(17)30-2)9-10-25-16-12-19(27)26(20(16)28)14-4-6-15(7-5-14)31-21(22,23)24/h3-8,11,16,25H,9-10,12H2,1-2H3/p+1. The van der Waals surface area contributed by atoms with E-state index in [2.05, 4.69) is 4.74 Å². The Morgan fingerprint density at radius 1 is 1.10 bits per heavy atom. The van der Waals surface area contributed by atoms with Crippen molar-refractivity contribution in [3.63, 3.8) is 0 Å². The number of halogens is 3. The molecule has 166 valence electrons. The van der Waals surface area contributed by atoms with Crippen LogP contribution in [0.15, 0.2) is 42.5 Å². The summed E-state index contributed by atoms with van der Waals surface area (Å²) >= 11 is 4.73. The first-order valence-corrected chi connectivity index (χ1v) is 9.86. The highest BCUT2D eigenvalue weighted by atomic mass is 35.5. The molecule has 2 aromatic rings. The number of methoxy groups -OCH3 is 2. The van der Waals surface area contributed by atoms with Crippen molar-refractivity contribution in [2.45, 2.75) is 24.5 Å². The van der Waals surface area contributed by atoms with Crippen LogP contribution in [-0.2, 0) is 16.0 Å². The molecule has 1 unspecified atom stereocenters. The number of alkyl halides is 3. The van der Waals surface area contributed by atoms with Gasteiger partial charge in [-0.1, -0.05) is 6.07 Å². The second kappa shape index (κ2) is 9.49. The van der Waals surface area contributed by atoms with Crippen molar-refractivity contribution in [2.75, 3.05) is 25.7 Å². The number of hydrogen-bond acceptors (Lipinski definition) is 5. The van der Waals surface area contributed by atoms with Crippen LogP contribution in [0.3, 0.4) is 0 Å². The number of carbonyl (C=O) groups is 2. The number of quaternary nitrogens is 1. The van der Waals surface area contributed by atoms with Crippen LogP contribution in [0.4, 0.5) is 14.5 Å². The van der Waals surface area contributed by atoms with E-state index in [1.54, 1.807) is 14.2 Å². The maximum absolute atomic E-state index is 12.7. The molecule has 1 saturated heterocycles. The molecule has 1 fully saturated rings. The topological polar surface area (TPSA) is 81.7 Å². The number of carbonyl (C=O) groups excluding carboxylic acids is 2. The van der Waals surface area contributed by atoms with Gasteiger partial charge in [0.15, 0.2) is 17.5 Å². The Labute approximate surface area is 182 Å². The molecule has 0 aliphatic carbocycles. The SMILES string of the molecule is COc1ccc(CC[NH2+]C2CC(=O)N(c3ccc(OC(F)(F)Cl)cc3)C2=O)cc1OC. The first-order chi connectivity index (χ1) is 14.7. The minimum atomic E-state index is -3.84. The molecule has 1 aliphatic rings. The van der Waals surface area contributed by atoms with E-state index in [0.717, 1.165) is 10.5 Å². The third-order valence-corrected chi connectivity index (χ3v) is 4.92. The van der Waals surface area contributed by atoms with Gasteiger partial charge in [0.25, 0.3) is 5.91 Å². The summed E-state index contributed by atoms with van der Waals surface area (Å²) in [5, 5.41) is 1.82. The van der Waals surface area contributed by atoms with Gasteiger partial charge in [-0.25, -0.2) is 4.90 Å². The predicted octanol–water partition coefficient (Wildman–Crippen LogP) is 2.31. The van der Waals surface area contributed by atoms with Gasteiger partial charge in [0.05, 0.1) is 32.9 Å². The fraction of sp³-hybridized carbons (Fsp3) is 0.333. The number of imide groups is 1. The molecule has 10 heteroatoms. The van der Waals surface area contributed by atoms with Crippen LogP contribution >= 0.6 is 11.6 Å². The molecule has 0 spiro atoms. The Kier molecular flexibility index (Phi) is 6.97. The van der Waals surface area contributed by atoms with Crippen molar-refractivity contribution in [1.82, 2.24) is 0 Å². The highest BCUT2D eigenvalue weighted by molar-refractivity contribution is 6.22. The van der Waals surface area contributed by atoms with Crippen molar-refractivity contribution >= 4 is 29.1 Å². The zero-order chi connectivity index (χ0) is 22.6. The normalized spacial score (nSPS) is 16.5. The Balaban J connectivity index is 1.59. The highest BCUT2D eigenvalue weighted by Crippen LogP contribution is 2.29. The number of benzene rings is 2. The predicted molar refractivity (Wildman–Crippen MR) is 109 cm³/mol. The Morgan fingerprint density at radius 3 is 2.39 bits per heavy atom. The Hall–Kier alpha value is -2.91. The van der Waals surface area contributed by atoms with E-state index in [0.29, 0.717) is 24.5 Å². The summed E-state index contributed by atoms with van der Waals surface area (Å²) in [6, 6.07) is 10.2. The third-order valence-electron chi connectivity index (χ3n) is 4.84. The first-order valence-electron chi connectivity index (χ1n) is 9.48. The molecule has 0 bridgehead atoms. The molecule has 7 nitrogen and oxygen atoms in total. The second-order valence-electron chi connectivity index (χ2n) is 6.88. The monoisotopic (exact) mass is 455 g/mol. The van der Waals surface area contributed by atoms with Gasteiger partial charge in [0.1, 0.15) is 5.75 Å². The first kappa shape index (κ1) is 22.8. The maximum Gasteiger partial charge on any atom is 0.487 e. The van der Waals surface area contributed by atoms with E-state index in [9.17, 15) is 18.4 Å². The molecule has 0 radical (unpaired) electrons. The summed E-state index contributed by atoms with van der Waals surface area (Å²) in [6.07, 6.45) is 0.722. The molecule has 0 saturated carbocycles. The number of amides is 2. The van der Waals surface area contributed by atoms with Crippen LogP contribution in [0.25, 0.3) is 0 Å². The van der Waals surface area contributed by atoms with Gasteiger partial charge in [-0.3, -0.25) is 9.59 Å². The van der Waals surface area contributed by atoms with Gasteiger partial charge in [0, 0.05) is 18.0 Å². The molecular weight excluding hydrogens is 434 g/mol. The van der Waals surface area contributed by atoms with Crippen molar-refractivity contribution in [1.29, 1.82) is 0 Å². The van der Waals surface area contributed by atoms with E-state index in [1.165, 1.54) is 24.3 Å². The fourth-order valence-corrected chi connectivity index (χ4v) is 3.48. The van der Waals surface area contributed by atoms with E-state index in [4.69, 9.17) is 21.1 Å². The Bertz CT molecular complexity index is 950. The average Bonchev–Trinajstić information content (AvgIpc) is 3.00. The van der Waals surface area contributed by atoms with Crippen LogP contribution in [0, 0.1) is 0 Å². The summed E-state index contributed by atoms with van der Waals surface area (Å²) in [7, 11) is 3.12. The smallest absolute Gasteiger partial charge is 0.487 e. The summed E-state index contributed by atoms with van der Waals surface area (Å²) < 4.78 is 40.2. The van der Waals surface area contributed by atoms with Crippen molar-refractivity contribution in [3.05, 3.63) is 48.0 Å². The summed E-state index contributed by atoms with van der Waals surface area (Å²) in [5.74, 6) is 0.370. The number of nitrogens with two attached hydrogens (primary N) is 1. The van der Waals surface area contributed by atoms with Crippen LogP contribution < -0.4 is 24.4 Å². The summed E-state index contributed by atoms with van der Waals surface area (Å²) in [4.78, 5) is 26.2. The van der Waals surface area contributed by atoms with Crippen molar-refractivity contribution in [3.8, 4) is 17.2 Å². The number of rotatable bonds is 9. The second-order valence-corrected chi connectivity index (χ2v) is 7.32. The van der Waals surface area contributed by atoms with Gasteiger partial charge < -0.3 is 19.5 Å². The lowest BCUT2D eigenvalue weighted by Gasteiger charge is -2.16. The van der Waals surface area contributed by atoms with Gasteiger partial charge >= 0.3 is 5.57 Å². The van der Waals surface area contributed by atoms with E-state index in [-0.39, 0.29) is 29.7 Å². The lowest BCUT2D eigenvalue weighted by atomic mass is 10.1. The molecular formula is C21H22ClF2N2O5+. The molecule has 1 heterocycles. The molecule has 2 N–H and O–H groups in total. The van der Waals surface area contributed by atoms with Crippen LogP contribution in [0.5, 0.6) is 17.2 Å². The number of ether oxygens (including phenoxy) is 3. The minimum absolute atomic E-state index is 0.0583. The number of hydrogen-bond donors (Lipinski definition) is 1. The zero-order valence-electron chi connectivity index (χ0n) is 16.9. The molecule has 31 heavy (non-hydrogen) atoms. The van der Waals surface area contributed by atoms with Gasteiger partial charge in [0.2, 0.25) is 5.91 Å². The quantitative estimate of drug-likeness (QED) is 0.463. The van der Waals surface area contributed by atoms with Gasteiger partial charge in [-0.05, 0) is 42.0 Å². The van der Waals surface area contributed by atoms with Gasteiger partial charge in [-0.2, -0.15) is 0 Å². The molecule has 0 aromatic heterocycles. The van der Waals surface area contributed by atoms with E-state index in [1.807, 2.05) is 23.5 Å². The van der Waals surface area contributed by atoms with Gasteiger partial charge in [-0.15, -0.1) is 8.78 Å². The molecule has 1 aliphatic heterocycles. The number of anilines is 1. The van der Waals surface area contributed by atoms with Crippen molar-refractivity contribution < 1.29 is 37.9 Å². The fourth-order valence-electron chi connectivity index (χ4n) is 3.40. The van der Waals surface area contributed by atoms with Crippen LogP contribution in [0.2, 0.25) is 0 Å². The summed E-state index contributed by atoms with van der Waals surface area (Å²) in [6.45, 7) is 0.588. The van der Waals surface area contributed by atoms with Crippen molar-refractivity contribution in [2.24, 2.45) is 0 Å². The van der Waals surface area contributed by atoms with E-state index >= 15 is 0 Å². The largest absolute Gasteiger partial charge is 0.493 e. The van der Waals surface area contributed by atoms with Crippen LogP contribution in [0.1, 0.15) is 12.0 Å². The molecule has 2 amide bonds. The van der Waals surface area contributed by atoms with Crippen LogP contribution in [-0.4, -0.2) is 44.2 Å². The maximum atomic E-state index is 12.7. The molecule has 2 aromatic carbocycles. The highest BCUT2D eigenvalue weighted by Gasteiger charge is 2.42. The lowest BCUT2D eigenvalue weighted by molar-refractivity contribution is -0.674. The van der Waals surface area contributed by atoms with E-state index < -0.39 is 11.6 Å². The lowest BCUT2D eigenvalue weighted by Crippen LogP contribution is -2.92. The minimum Gasteiger partial charge on any atom is -0.493 e. The average molecular weight is 456 g/mol. The molecule has 3 rings (SSSR count). The summed E-state index contributed by atoms with van der Waals surface area (Å²) in [5.41, 5.74) is -2.54.